The van der Waals surface area contributed by atoms with E-state index in [4.69, 9.17) is 4.98 Å². The van der Waals surface area contributed by atoms with E-state index in [-0.39, 0.29) is 11.1 Å². The second-order valence-electron chi connectivity index (χ2n) is 6.20. The predicted molar refractivity (Wildman–Crippen MR) is 115 cm³/mol. The van der Waals surface area contributed by atoms with Crippen LogP contribution in [0.1, 0.15) is 17.6 Å². The van der Waals surface area contributed by atoms with Crippen LogP contribution in [0.5, 0.6) is 0 Å². The van der Waals surface area contributed by atoms with Gasteiger partial charge < -0.3 is 4.98 Å². The molecular weight excluding hydrogens is 392 g/mol. The lowest BCUT2D eigenvalue weighted by Crippen LogP contribution is -2.22. The summed E-state index contributed by atoms with van der Waals surface area (Å²) in [7, 11) is 0. The second kappa shape index (κ2) is 7.73. The van der Waals surface area contributed by atoms with Gasteiger partial charge in [0.25, 0.3) is 11.1 Å². The summed E-state index contributed by atoms with van der Waals surface area (Å²) in [5.41, 5.74) is 0.418. The van der Waals surface area contributed by atoms with Gasteiger partial charge in [-0.25, -0.2) is 9.97 Å². The minimum Gasteiger partial charge on any atom is -0.309 e. The number of benzene rings is 1. The fourth-order valence-corrected chi connectivity index (χ4v) is 4.84. The number of rotatable bonds is 6. The van der Waals surface area contributed by atoms with Gasteiger partial charge in [0.05, 0.1) is 22.0 Å². The Hall–Kier alpha value is -2.71. The van der Waals surface area contributed by atoms with E-state index in [0.29, 0.717) is 39.6 Å². The highest BCUT2D eigenvalue weighted by Gasteiger charge is 2.14. The Morgan fingerprint density at radius 1 is 1.25 bits per heavy atom. The average Bonchev–Trinajstić information content (AvgIpc) is 3.12. The molecule has 0 aliphatic heterocycles. The van der Waals surface area contributed by atoms with Crippen molar-refractivity contribution in [3.05, 3.63) is 74.4 Å². The third-order valence-corrected chi connectivity index (χ3v) is 6.49. The number of hydrogen-bond donors (Lipinski definition) is 1. The van der Waals surface area contributed by atoms with Crippen LogP contribution in [0.25, 0.3) is 21.1 Å². The molecule has 28 heavy (non-hydrogen) atoms. The quantitative estimate of drug-likeness (QED) is 0.298. The van der Waals surface area contributed by atoms with Crippen molar-refractivity contribution in [1.29, 1.82) is 0 Å². The molecule has 0 bridgehead atoms. The monoisotopic (exact) mass is 410 g/mol. The van der Waals surface area contributed by atoms with Crippen LogP contribution in [0.4, 0.5) is 0 Å². The molecule has 1 N–H and O–H groups in total. The van der Waals surface area contributed by atoms with Gasteiger partial charge in [0, 0.05) is 11.4 Å². The molecule has 0 spiro atoms. The average molecular weight is 411 g/mol. The molecule has 0 unspecified atom stereocenters. The number of aromatic nitrogens is 4. The van der Waals surface area contributed by atoms with E-state index < -0.39 is 0 Å². The molecule has 8 heteroatoms. The minimum atomic E-state index is -0.168. The lowest BCUT2D eigenvalue weighted by molar-refractivity contribution is 0.672. The number of allylic oxidation sites excluding steroid dienone is 1. The first kappa shape index (κ1) is 18.6. The van der Waals surface area contributed by atoms with Gasteiger partial charge in [0.2, 0.25) is 0 Å². The normalized spacial score (nSPS) is 11.3. The van der Waals surface area contributed by atoms with Crippen LogP contribution in [0, 0.1) is 0 Å². The molecule has 3 heterocycles. The Labute approximate surface area is 169 Å². The van der Waals surface area contributed by atoms with Crippen LogP contribution in [0.2, 0.25) is 0 Å². The molecule has 3 aromatic heterocycles. The van der Waals surface area contributed by atoms with Crippen LogP contribution >= 0.6 is 23.1 Å². The number of hydrogen-bond acceptors (Lipinski definition) is 6. The number of fused-ring (bicyclic) bond motifs is 2. The van der Waals surface area contributed by atoms with Crippen molar-refractivity contribution in [2.75, 3.05) is 0 Å². The first-order valence-electron chi connectivity index (χ1n) is 8.85. The summed E-state index contributed by atoms with van der Waals surface area (Å²) in [5.74, 6) is 0.954. The largest absolute Gasteiger partial charge is 0.309 e. The van der Waals surface area contributed by atoms with E-state index in [0.717, 1.165) is 16.1 Å². The van der Waals surface area contributed by atoms with Crippen LogP contribution < -0.4 is 11.1 Å². The van der Waals surface area contributed by atoms with Crippen LogP contribution in [0.3, 0.4) is 0 Å². The number of nitrogens with zero attached hydrogens (tertiary/aromatic N) is 3. The van der Waals surface area contributed by atoms with Crippen molar-refractivity contribution >= 4 is 44.2 Å². The number of H-pyrrole nitrogens is 1. The predicted octanol–water partition coefficient (Wildman–Crippen LogP) is 3.74. The summed E-state index contributed by atoms with van der Waals surface area (Å²) in [6, 6.07) is 9.15. The van der Waals surface area contributed by atoms with Gasteiger partial charge >= 0.3 is 0 Å². The topological polar surface area (TPSA) is 80.6 Å². The number of thiophene rings is 1. The molecule has 4 aromatic rings. The maximum absolute atomic E-state index is 12.9. The van der Waals surface area contributed by atoms with Crippen molar-refractivity contribution in [3.63, 3.8) is 0 Å². The lowest BCUT2D eigenvalue weighted by Gasteiger charge is -2.10. The zero-order valence-corrected chi connectivity index (χ0v) is 16.9. The molecule has 6 nitrogen and oxygen atoms in total. The van der Waals surface area contributed by atoms with Gasteiger partial charge in [-0.05, 0) is 24.6 Å². The van der Waals surface area contributed by atoms with Crippen LogP contribution in [-0.4, -0.2) is 19.5 Å². The fraction of sp³-hybridized carbons (Fsp3) is 0.200. The highest BCUT2D eigenvalue weighted by Crippen LogP contribution is 2.26. The Kier molecular flexibility index (Phi) is 5.15. The zero-order valence-electron chi connectivity index (χ0n) is 15.3. The summed E-state index contributed by atoms with van der Waals surface area (Å²) in [4.78, 5) is 39.1. The third kappa shape index (κ3) is 3.41. The van der Waals surface area contributed by atoms with Gasteiger partial charge in [0.15, 0.2) is 5.16 Å². The summed E-state index contributed by atoms with van der Waals surface area (Å²) < 4.78 is 1.62. The van der Waals surface area contributed by atoms with E-state index in [1.807, 2.05) is 24.3 Å². The SMILES string of the molecule is C=CCn1c(SCc2nc3ccccc3c(=O)[nH]2)nc2sc(CC)cc2c1=O. The van der Waals surface area contributed by atoms with Crippen molar-refractivity contribution in [3.8, 4) is 0 Å². The summed E-state index contributed by atoms with van der Waals surface area (Å²) in [6.07, 6.45) is 2.55. The molecule has 0 atom stereocenters. The molecule has 0 amide bonds. The Bertz CT molecular complexity index is 1300. The lowest BCUT2D eigenvalue weighted by atomic mass is 10.2. The van der Waals surface area contributed by atoms with Gasteiger partial charge in [-0.15, -0.1) is 17.9 Å². The summed E-state index contributed by atoms with van der Waals surface area (Å²) in [6.45, 7) is 6.19. The smallest absolute Gasteiger partial charge is 0.263 e. The summed E-state index contributed by atoms with van der Waals surface area (Å²) >= 11 is 2.92. The Morgan fingerprint density at radius 2 is 2.07 bits per heavy atom. The van der Waals surface area contributed by atoms with Crippen molar-refractivity contribution in [1.82, 2.24) is 19.5 Å². The highest BCUT2D eigenvalue weighted by atomic mass is 32.2. The van der Waals surface area contributed by atoms with Crippen molar-refractivity contribution in [2.24, 2.45) is 0 Å². The second-order valence-corrected chi connectivity index (χ2v) is 8.26. The summed E-state index contributed by atoms with van der Waals surface area (Å²) in [5, 5.41) is 1.80. The molecule has 0 aliphatic carbocycles. The van der Waals surface area contributed by atoms with E-state index in [1.165, 1.54) is 11.8 Å². The standard InChI is InChI=1S/C20H18N4O2S2/c1-3-9-24-19(26)14-10-12(4-2)28-18(14)23-20(24)27-11-16-21-15-8-6-5-7-13(15)17(25)22-16/h3,5-8,10H,1,4,9,11H2,2H3,(H,21,22,25). The molecule has 0 saturated heterocycles. The van der Waals surface area contributed by atoms with Gasteiger partial charge in [0.1, 0.15) is 10.7 Å². The zero-order chi connectivity index (χ0) is 19.7. The van der Waals surface area contributed by atoms with Gasteiger partial charge in [-0.2, -0.15) is 0 Å². The molecule has 142 valence electrons. The maximum Gasteiger partial charge on any atom is 0.263 e. The molecular formula is C20H18N4O2S2. The number of nitrogens with one attached hydrogen (secondary N) is 1. The number of aryl methyl sites for hydroxylation is 1. The van der Waals surface area contributed by atoms with Crippen LogP contribution in [0.15, 0.2) is 57.7 Å². The van der Waals surface area contributed by atoms with E-state index >= 15 is 0 Å². The maximum atomic E-state index is 12.9. The van der Waals surface area contributed by atoms with E-state index in [9.17, 15) is 9.59 Å². The van der Waals surface area contributed by atoms with E-state index in [2.05, 4.69) is 23.5 Å². The highest BCUT2D eigenvalue weighted by molar-refractivity contribution is 7.98. The van der Waals surface area contributed by atoms with Crippen molar-refractivity contribution < 1.29 is 0 Å². The number of para-hydroxylation sites is 1. The Morgan fingerprint density at radius 3 is 2.86 bits per heavy atom. The van der Waals surface area contributed by atoms with Crippen molar-refractivity contribution in [2.45, 2.75) is 30.8 Å². The number of aromatic amines is 1. The molecule has 1 aromatic carbocycles. The minimum absolute atomic E-state index is 0.0664. The van der Waals surface area contributed by atoms with Gasteiger partial charge in [-0.1, -0.05) is 36.9 Å². The third-order valence-electron chi connectivity index (χ3n) is 4.33. The first-order chi connectivity index (χ1) is 13.6. The van der Waals surface area contributed by atoms with Gasteiger partial charge in [-0.3, -0.25) is 14.2 Å². The molecule has 0 fully saturated rings. The number of thioether (sulfide) groups is 1. The molecule has 0 saturated carbocycles. The first-order valence-corrected chi connectivity index (χ1v) is 10.7. The van der Waals surface area contributed by atoms with Crippen LogP contribution in [-0.2, 0) is 18.7 Å². The molecule has 0 aliphatic rings. The van der Waals surface area contributed by atoms with E-state index in [1.54, 1.807) is 28.0 Å². The Balaban J connectivity index is 1.73. The fourth-order valence-electron chi connectivity index (χ4n) is 2.96. The molecule has 4 rings (SSSR count). The molecule has 0 radical (unpaired) electrons.